The number of aliphatic hydroxyl groups excluding tert-OH is 1. The van der Waals surface area contributed by atoms with Crippen molar-refractivity contribution in [3.8, 4) is 0 Å². The van der Waals surface area contributed by atoms with E-state index in [4.69, 9.17) is 21.1 Å². The number of amides is 2. The first-order valence-corrected chi connectivity index (χ1v) is 17.2. The topological polar surface area (TPSA) is 160 Å². The molecule has 0 radical (unpaired) electrons. The zero-order chi connectivity index (χ0) is 35.4. The molecule has 6 aliphatic rings. The number of hydrogen-bond acceptors (Lipinski definition) is 12. The third kappa shape index (κ3) is 7.57. The molecular weight excluding hydrogens is 687 g/mol. The molecule has 6 N–H and O–H groups in total. The number of likely N-dealkylation sites (tertiary alicyclic amines) is 1. The maximum absolute atomic E-state index is 14.2. The number of halogens is 6. The number of ether oxygens (including phenoxy) is 2. The number of nitrogens with zero attached hydrogens (tertiary/aromatic N) is 3. The summed E-state index contributed by atoms with van der Waals surface area (Å²) in [6, 6.07) is -4.29. The van der Waals surface area contributed by atoms with Crippen LogP contribution in [0.3, 0.4) is 0 Å². The van der Waals surface area contributed by atoms with Crippen LogP contribution in [0.5, 0.6) is 0 Å². The predicted molar refractivity (Wildman–Crippen MR) is 162 cm³/mol. The standard InChI is InChI=1S/C29H44ClF5N8O6/c1-3-17-21(41-6-8-42(9-7-41)27(47)20-22(45)13(2)36-12-37-20)23(46)19-24(40-26-25(39-19)48-29(34,35)49-26)43(17)11-18(44)38-16-5-4-14(10-15(16)30)28(31,32)33/h13-17,19-22,24-26,36-37,39-40,45H,3-12H2,1-2H3,(H,38,44). The number of nitrogens with one attached hydrogen (secondary N) is 5. The van der Waals surface area contributed by atoms with E-state index in [1.165, 1.54) is 0 Å². The minimum Gasteiger partial charge on any atom is -0.389 e. The Balaban J connectivity index is 1.18. The number of carbonyl (C=O) groups excluding carboxylic acids is 3. The molecule has 6 fully saturated rings. The fourth-order valence-electron chi connectivity index (χ4n) is 8.11. The van der Waals surface area contributed by atoms with Gasteiger partial charge in [-0.25, -0.2) is 0 Å². The number of alkyl halides is 6. The first-order chi connectivity index (χ1) is 23.1. The number of ketones is 1. The van der Waals surface area contributed by atoms with Gasteiger partial charge in [-0.3, -0.25) is 54.9 Å². The summed E-state index contributed by atoms with van der Waals surface area (Å²) in [5.41, 5.74) is 0. The van der Waals surface area contributed by atoms with Gasteiger partial charge in [0.2, 0.25) is 11.8 Å². The van der Waals surface area contributed by atoms with Crippen LogP contribution in [0.15, 0.2) is 0 Å². The van der Waals surface area contributed by atoms with E-state index in [0.717, 1.165) is 0 Å². The number of rotatable bonds is 6. The van der Waals surface area contributed by atoms with Gasteiger partial charge in [0, 0.05) is 51.0 Å². The smallest absolute Gasteiger partial charge is 0.389 e. The summed E-state index contributed by atoms with van der Waals surface area (Å²) in [5.74, 6) is -2.67. The van der Waals surface area contributed by atoms with E-state index in [2.05, 4.69) is 26.6 Å². The van der Waals surface area contributed by atoms with Crippen molar-refractivity contribution in [3.05, 3.63) is 0 Å². The zero-order valence-electron chi connectivity index (χ0n) is 27.1. The second-order valence-corrected chi connectivity index (χ2v) is 14.3. The lowest BCUT2D eigenvalue weighted by molar-refractivity contribution is -0.352. The Labute approximate surface area is 285 Å². The fraction of sp³-hybridized carbons (Fsp3) is 0.897. The maximum atomic E-state index is 14.2. The first kappa shape index (κ1) is 37.0. The van der Waals surface area contributed by atoms with Crippen LogP contribution in [0.25, 0.3) is 0 Å². The van der Waals surface area contributed by atoms with E-state index in [9.17, 15) is 41.4 Å². The summed E-state index contributed by atoms with van der Waals surface area (Å²) in [5, 5.41) is 24.2. The zero-order valence-corrected chi connectivity index (χ0v) is 27.9. The lowest BCUT2D eigenvalue weighted by Gasteiger charge is -2.55. The summed E-state index contributed by atoms with van der Waals surface area (Å²) in [4.78, 5) is 46.3. The maximum Gasteiger partial charge on any atom is 0.488 e. The molecule has 0 aromatic carbocycles. The Morgan fingerprint density at radius 2 is 1.76 bits per heavy atom. The highest BCUT2D eigenvalue weighted by Gasteiger charge is 2.60. The van der Waals surface area contributed by atoms with E-state index in [0.29, 0.717) is 26.2 Å². The molecule has 49 heavy (non-hydrogen) atoms. The SMILES string of the molecule is CCC1C(N2CCN(C(=O)C3NCNC(C)C3O)CC2)C(=O)C2NC3OC(F)(F)OC3NC2N1CC(=O)NC1CCC(C(F)(F)F)CC1Cl. The second-order valence-electron chi connectivity index (χ2n) is 13.7. The van der Waals surface area contributed by atoms with Gasteiger partial charge < -0.3 is 15.3 Å². The Morgan fingerprint density at radius 3 is 2.39 bits per heavy atom. The Kier molecular flexibility index (Phi) is 10.8. The van der Waals surface area contributed by atoms with Gasteiger partial charge in [-0.05, 0) is 32.6 Å². The van der Waals surface area contributed by atoms with Crippen LogP contribution in [0.2, 0.25) is 0 Å². The van der Waals surface area contributed by atoms with Crippen LogP contribution in [0.1, 0.15) is 39.5 Å². The molecule has 14 nitrogen and oxygen atoms in total. The number of carbonyl (C=O) groups is 3. The van der Waals surface area contributed by atoms with Gasteiger partial charge in [-0.15, -0.1) is 20.4 Å². The molecule has 0 bridgehead atoms. The van der Waals surface area contributed by atoms with Gasteiger partial charge in [0.1, 0.15) is 6.04 Å². The van der Waals surface area contributed by atoms with Crippen LogP contribution in [-0.4, -0.2) is 156 Å². The van der Waals surface area contributed by atoms with Gasteiger partial charge >= 0.3 is 12.5 Å². The molecule has 5 saturated heterocycles. The van der Waals surface area contributed by atoms with Crippen molar-refractivity contribution in [1.82, 2.24) is 41.3 Å². The van der Waals surface area contributed by atoms with E-state index >= 15 is 0 Å². The number of fused-ring (bicyclic) bond motifs is 2. The number of Topliss-reactive ketones (excluding diaryl/α,β-unsaturated/α-hetero) is 1. The van der Waals surface area contributed by atoms with Crippen molar-refractivity contribution in [1.29, 1.82) is 0 Å². The molecule has 12 atom stereocenters. The Bertz CT molecular complexity index is 1250. The molecule has 5 aliphatic heterocycles. The van der Waals surface area contributed by atoms with E-state index in [-0.39, 0.29) is 56.6 Å². The van der Waals surface area contributed by atoms with E-state index < -0.39 is 84.6 Å². The highest BCUT2D eigenvalue weighted by Crippen LogP contribution is 2.40. The molecular formula is C29H44ClF5N8O6. The molecule has 1 aliphatic carbocycles. The number of piperazine rings is 2. The Hall–Kier alpha value is -1.81. The largest absolute Gasteiger partial charge is 0.488 e. The van der Waals surface area contributed by atoms with E-state index in [1.54, 1.807) is 16.7 Å². The van der Waals surface area contributed by atoms with Crippen LogP contribution in [-0.2, 0) is 23.9 Å². The summed E-state index contributed by atoms with van der Waals surface area (Å²) in [6.07, 6.45) is -13.0. The van der Waals surface area contributed by atoms with Crippen molar-refractivity contribution in [2.24, 2.45) is 5.92 Å². The quantitative estimate of drug-likeness (QED) is 0.147. The van der Waals surface area contributed by atoms with Crippen molar-refractivity contribution >= 4 is 29.2 Å². The summed E-state index contributed by atoms with van der Waals surface area (Å²) in [6.45, 7) is 4.77. The highest BCUT2D eigenvalue weighted by atomic mass is 35.5. The number of piperidine rings is 1. The van der Waals surface area contributed by atoms with Gasteiger partial charge in [0.05, 0.1) is 42.2 Å². The van der Waals surface area contributed by atoms with Crippen LogP contribution >= 0.6 is 11.6 Å². The van der Waals surface area contributed by atoms with Crippen LogP contribution in [0, 0.1) is 5.92 Å². The monoisotopic (exact) mass is 730 g/mol. The molecule has 0 aromatic heterocycles. The molecule has 5 heterocycles. The summed E-state index contributed by atoms with van der Waals surface area (Å²) in [7, 11) is 0. The summed E-state index contributed by atoms with van der Waals surface area (Å²) < 4.78 is 77.5. The minimum absolute atomic E-state index is 0.0318. The number of hydrogen-bond donors (Lipinski definition) is 6. The van der Waals surface area contributed by atoms with Crippen LogP contribution in [0.4, 0.5) is 22.0 Å². The van der Waals surface area contributed by atoms with Crippen molar-refractivity contribution in [2.75, 3.05) is 39.4 Å². The van der Waals surface area contributed by atoms with Gasteiger partial charge in [-0.1, -0.05) is 6.92 Å². The molecule has 12 unspecified atom stereocenters. The van der Waals surface area contributed by atoms with Crippen molar-refractivity contribution in [3.63, 3.8) is 0 Å². The molecule has 2 amide bonds. The lowest BCUT2D eigenvalue weighted by atomic mass is 9.84. The molecule has 6 rings (SSSR count). The number of aliphatic hydroxyl groups is 1. The fourth-order valence-corrected chi connectivity index (χ4v) is 8.51. The second kappa shape index (κ2) is 14.3. The molecule has 0 spiro atoms. The minimum atomic E-state index is -4.38. The van der Waals surface area contributed by atoms with Crippen LogP contribution < -0.4 is 26.6 Å². The van der Waals surface area contributed by atoms with Gasteiger partial charge in [0.25, 0.3) is 0 Å². The van der Waals surface area contributed by atoms with Crippen molar-refractivity contribution in [2.45, 2.75) is 118 Å². The van der Waals surface area contributed by atoms with Gasteiger partial charge in [-0.2, -0.15) is 13.2 Å². The molecule has 20 heteroatoms. The van der Waals surface area contributed by atoms with E-state index in [1.807, 2.05) is 11.8 Å². The Morgan fingerprint density at radius 1 is 1.08 bits per heavy atom. The van der Waals surface area contributed by atoms with Crippen molar-refractivity contribution < 1.29 is 50.9 Å². The third-order valence-electron chi connectivity index (χ3n) is 10.8. The predicted octanol–water partition coefficient (Wildman–Crippen LogP) is -0.978. The highest BCUT2D eigenvalue weighted by molar-refractivity contribution is 6.21. The molecule has 1 saturated carbocycles. The summed E-state index contributed by atoms with van der Waals surface area (Å²) >= 11 is 6.31. The third-order valence-corrected chi connectivity index (χ3v) is 11.2. The molecule has 0 aromatic rings. The normalized spacial score (nSPS) is 42.0. The molecule has 278 valence electrons. The average Bonchev–Trinajstić information content (AvgIpc) is 3.35. The first-order valence-electron chi connectivity index (χ1n) is 16.8. The average molecular weight is 731 g/mol. The van der Waals surface area contributed by atoms with Gasteiger partial charge in [0.15, 0.2) is 18.2 Å². The lowest BCUT2D eigenvalue weighted by Crippen LogP contribution is -2.81.